The molecular formula is C22H30F3N3O3. The van der Waals surface area contributed by atoms with E-state index in [4.69, 9.17) is 0 Å². The standard InChI is InChI=1S/C22H30F3N3O3/c1-2-17-4-6-19(7-5-17)28-15-18(14-20(28)29)21(30)27-11-9-26(10-12-27)8-3-13-31-16-22(23,24)25/h4-7,18H,2-3,8-16H2,1H3/t18-/m0/s1. The lowest BCUT2D eigenvalue weighted by atomic mass is 10.1. The van der Waals surface area contributed by atoms with E-state index in [1.165, 1.54) is 5.56 Å². The van der Waals surface area contributed by atoms with Crippen LogP contribution in [-0.2, 0) is 20.7 Å². The highest BCUT2D eigenvalue weighted by molar-refractivity contribution is 6.00. The van der Waals surface area contributed by atoms with Gasteiger partial charge < -0.3 is 14.5 Å². The fraction of sp³-hybridized carbons (Fsp3) is 0.636. The van der Waals surface area contributed by atoms with E-state index in [-0.39, 0.29) is 30.8 Å². The topological polar surface area (TPSA) is 53.1 Å². The van der Waals surface area contributed by atoms with Crippen LogP contribution in [-0.4, -0.2) is 80.3 Å². The van der Waals surface area contributed by atoms with Crippen molar-refractivity contribution in [2.24, 2.45) is 5.92 Å². The van der Waals surface area contributed by atoms with Crippen molar-refractivity contribution in [3.8, 4) is 0 Å². The van der Waals surface area contributed by atoms with Gasteiger partial charge in [0, 0.05) is 58.0 Å². The summed E-state index contributed by atoms with van der Waals surface area (Å²) in [7, 11) is 0. The van der Waals surface area contributed by atoms with Crippen molar-refractivity contribution in [1.82, 2.24) is 9.80 Å². The maximum absolute atomic E-state index is 12.9. The Morgan fingerprint density at radius 1 is 1.13 bits per heavy atom. The summed E-state index contributed by atoms with van der Waals surface area (Å²) in [5, 5.41) is 0. The minimum Gasteiger partial charge on any atom is -0.372 e. The fourth-order valence-electron chi connectivity index (χ4n) is 4.06. The first-order valence-corrected chi connectivity index (χ1v) is 10.8. The largest absolute Gasteiger partial charge is 0.411 e. The number of halogens is 3. The van der Waals surface area contributed by atoms with E-state index in [1.54, 1.807) is 9.80 Å². The van der Waals surface area contributed by atoms with E-state index in [2.05, 4.69) is 16.6 Å². The van der Waals surface area contributed by atoms with Crippen molar-refractivity contribution >= 4 is 17.5 Å². The van der Waals surface area contributed by atoms with Crippen molar-refractivity contribution in [3.05, 3.63) is 29.8 Å². The Morgan fingerprint density at radius 2 is 1.81 bits per heavy atom. The molecule has 0 aliphatic carbocycles. The Labute approximate surface area is 180 Å². The van der Waals surface area contributed by atoms with E-state index < -0.39 is 12.8 Å². The fourth-order valence-corrected chi connectivity index (χ4v) is 4.06. The maximum Gasteiger partial charge on any atom is 0.411 e. The normalized spacial score (nSPS) is 20.5. The number of anilines is 1. The van der Waals surface area contributed by atoms with Gasteiger partial charge in [-0.25, -0.2) is 0 Å². The zero-order chi connectivity index (χ0) is 22.4. The summed E-state index contributed by atoms with van der Waals surface area (Å²) in [6, 6.07) is 7.87. The third kappa shape index (κ3) is 6.67. The number of alkyl halides is 3. The summed E-state index contributed by atoms with van der Waals surface area (Å²) in [5.41, 5.74) is 2.03. The first kappa shape index (κ1) is 23.5. The molecule has 2 amide bonds. The predicted molar refractivity (Wildman–Crippen MR) is 111 cm³/mol. The average molecular weight is 441 g/mol. The van der Waals surface area contributed by atoms with Crippen LogP contribution in [0.25, 0.3) is 0 Å². The number of benzene rings is 1. The Hall–Kier alpha value is -2.13. The Balaban J connectivity index is 1.41. The van der Waals surface area contributed by atoms with Gasteiger partial charge in [-0.1, -0.05) is 19.1 Å². The molecule has 2 aliphatic heterocycles. The highest BCUT2D eigenvalue weighted by Gasteiger charge is 2.37. The minimum absolute atomic E-state index is 0.00851. The number of hydrogen-bond donors (Lipinski definition) is 0. The number of piperazine rings is 1. The van der Waals surface area contributed by atoms with Crippen LogP contribution in [0.2, 0.25) is 0 Å². The highest BCUT2D eigenvalue weighted by atomic mass is 19.4. The van der Waals surface area contributed by atoms with Gasteiger partial charge in [0.05, 0.1) is 5.92 Å². The lowest BCUT2D eigenvalue weighted by Gasteiger charge is -2.35. The summed E-state index contributed by atoms with van der Waals surface area (Å²) in [6.45, 7) is 4.46. The summed E-state index contributed by atoms with van der Waals surface area (Å²) in [4.78, 5) is 31.0. The van der Waals surface area contributed by atoms with Gasteiger partial charge in [-0.15, -0.1) is 0 Å². The molecule has 0 aromatic heterocycles. The first-order valence-electron chi connectivity index (χ1n) is 10.8. The van der Waals surface area contributed by atoms with Crippen LogP contribution in [0.15, 0.2) is 24.3 Å². The van der Waals surface area contributed by atoms with Gasteiger partial charge in [-0.3, -0.25) is 14.5 Å². The molecule has 1 atom stereocenters. The van der Waals surface area contributed by atoms with Crippen LogP contribution in [0.3, 0.4) is 0 Å². The number of carbonyl (C=O) groups excluding carboxylic acids is 2. The molecule has 3 rings (SSSR count). The zero-order valence-electron chi connectivity index (χ0n) is 17.9. The molecule has 2 saturated heterocycles. The molecule has 0 saturated carbocycles. The summed E-state index contributed by atoms with van der Waals surface area (Å²) >= 11 is 0. The minimum atomic E-state index is -4.29. The third-order valence-corrected chi connectivity index (χ3v) is 5.84. The van der Waals surface area contributed by atoms with E-state index >= 15 is 0 Å². The molecular weight excluding hydrogens is 411 g/mol. The van der Waals surface area contributed by atoms with Gasteiger partial charge in [-0.2, -0.15) is 13.2 Å². The van der Waals surface area contributed by atoms with Gasteiger partial charge in [0.1, 0.15) is 6.61 Å². The molecule has 6 nitrogen and oxygen atoms in total. The van der Waals surface area contributed by atoms with Crippen LogP contribution >= 0.6 is 0 Å². The monoisotopic (exact) mass is 441 g/mol. The van der Waals surface area contributed by atoms with Gasteiger partial charge in [0.25, 0.3) is 0 Å². The van der Waals surface area contributed by atoms with Crippen molar-refractivity contribution in [2.45, 2.75) is 32.4 Å². The van der Waals surface area contributed by atoms with Crippen molar-refractivity contribution in [1.29, 1.82) is 0 Å². The van der Waals surface area contributed by atoms with E-state index in [9.17, 15) is 22.8 Å². The number of aryl methyl sites for hydroxylation is 1. The number of rotatable bonds is 8. The van der Waals surface area contributed by atoms with E-state index in [1.807, 2.05) is 24.3 Å². The van der Waals surface area contributed by atoms with Crippen LogP contribution in [0, 0.1) is 5.92 Å². The quantitative estimate of drug-likeness (QED) is 0.583. The number of amides is 2. The molecule has 1 aromatic rings. The number of nitrogens with zero attached hydrogens (tertiary/aromatic N) is 3. The van der Waals surface area contributed by atoms with Crippen LogP contribution in [0.5, 0.6) is 0 Å². The molecule has 0 radical (unpaired) electrons. The molecule has 0 bridgehead atoms. The van der Waals surface area contributed by atoms with Crippen LogP contribution in [0.4, 0.5) is 18.9 Å². The predicted octanol–water partition coefficient (Wildman–Crippen LogP) is 2.72. The molecule has 2 heterocycles. The lowest BCUT2D eigenvalue weighted by Crippen LogP contribution is -2.50. The molecule has 0 N–H and O–H groups in total. The SMILES string of the molecule is CCc1ccc(N2C[C@@H](C(=O)N3CCN(CCCOCC(F)(F)F)CC3)CC2=O)cc1. The maximum atomic E-state index is 12.9. The zero-order valence-corrected chi connectivity index (χ0v) is 17.9. The van der Waals surface area contributed by atoms with E-state index in [0.717, 1.165) is 12.1 Å². The molecule has 2 fully saturated rings. The van der Waals surface area contributed by atoms with Crippen LogP contribution in [0.1, 0.15) is 25.3 Å². The Bertz CT molecular complexity index is 747. The number of hydrogen-bond acceptors (Lipinski definition) is 4. The molecule has 1 aromatic carbocycles. The molecule has 9 heteroatoms. The van der Waals surface area contributed by atoms with Gasteiger partial charge in [0.2, 0.25) is 11.8 Å². The Kier molecular flexibility index (Phi) is 7.94. The molecule has 0 unspecified atom stereocenters. The lowest BCUT2D eigenvalue weighted by molar-refractivity contribution is -0.174. The average Bonchev–Trinajstić information content (AvgIpc) is 3.14. The number of carbonyl (C=O) groups is 2. The third-order valence-electron chi connectivity index (χ3n) is 5.84. The molecule has 31 heavy (non-hydrogen) atoms. The van der Waals surface area contributed by atoms with Gasteiger partial charge >= 0.3 is 6.18 Å². The second-order valence-corrected chi connectivity index (χ2v) is 8.11. The summed E-state index contributed by atoms with van der Waals surface area (Å²) in [6.07, 6.45) is -2.61. The Morgan fingerprint density at radius 3 is 2.42 bits per heavy atom. The molecule has 0 spiro atoms. The van der Waals surface area contributed by atoms with Crippen molar-refractivity contribution in [3.63, 3.8) is 0 Å². The summed E-state index contributed by atoms with van der Waals surface area (Å²) < 4.78 is 40.8. The van der Waals surface area contributed by atoms with E-state index in [0.29, 0.717) is 45.7 Å². The highest BCUT2D eigenvalue weighted by Crippen LogP contribution is 2.27. The first-order chi connectivity index (χ1) is 14.8. The second kappa shape index (κ2) is 10.5. The summed E-state index contributed by atoms with van der Waals surface area (Å²) in [5.74, 6) is -0.352. The molecule has 172 valence electrons. The van der Waals surface area contributed by atoms with Crippen molar-refractivity contribution < 1.29 is 27.5 Å². The van der Waals surface area contributed by atoms with Crippen molar-refractivity contribution in [2.75, 3.05) is 57.4 Å². The van der Waals surface area contributed by atoms with Crippen LogP contribution < -0.4 is 4.90 Å². The smallest absolute Gasteiger partial charge is 0.372 e. The second-order valence-electron chi connectivity index (χ2n) is 8.11. The van der Waals surface area contributed by atoms with Gasteiger partial charge in [0.15, 0.2) is 0 Å². The van der Waals surface area contributed by atoms with Gasteiger partial charge in [-0.05, 0) is 30.5 Å². The molecule has 2 aliphatic rings. The number of ether oxygens (including phenoxy) is 1.